The number of carbonyl (C=O) groups is 2. The van der Waals surface area contributed by atoms with Gasteiger partial charge in [-0.05, 0) is 69.3 Å². The predicted octanol–water partition coefficient (Wildman–Crippen LogP) is -0.279. The molecule has 6 rings (SSSR count). The summed E-state index contributed by atoms with van der Waals surface area (Å²) in [5.74, 6) is -1.61. The Morgan fingerprint density at radius 3 is 2.42 bits per heavy atom. The molecule has 0 spiro atoms. The Balaban J connectivity index is 1.25. The number of cyclic esters (lactones) is 1. The Kier molecular flexibility index (Phi) is 6.83. The van der Waals surface area contributed by atoms with Gasteiger partial charge in [-0.25, -0.2) is 4.79 Å². The molecular weight excluding hydrogens is 524 g/mol. The Bertz CT molecular complexity index is 1080. The van der Waals surface area contributed by atoms with Crippen molar-refractivity contribution in [2.24, 2.45) is 28.6 Å². The number of esters is 1. The van der Waals surface area contributed by atoms with Crippen molar-refractivity contribution in [3.63, 3.8) is 0 Å². The summed E-state index contributed by atoms with van der Waals surface area (Å²) >= 11 is 0. The highest BCUT2D eigenvalue weighted by Gasteiger charge is 2.73. The normalized spacial score (nSPS) is 56.0. The quantitative estimate of drug-likeness (QED) is 0.149. The van der Waals surface area contributed by atoms with Crippen LogP contribution in [0.3, 0.4) is 0 Å². The topological polar surface area (TPSA) is 183 Å². The molecule has 11 heteroatoms. The van der Waals surface area contributed by atoms with Crippen LogP contribution in [-0.4, -0.2) is 104 Å². The van der Waals surface area contributed by atoms with Crippen LogP contribution < -0.4 is 0 Å². The molecule has 4 saturated carbocycles. The molecule has 0 amide bonds. The highest BCUT2D eigenvalue weighted by atomic mass is 16.7. The number of aliphatic hydroxyl groups is 6. The number of aliphatic hydroxyl groups excluding tert-OH is 4. The van der Waals surface area contributed by atoms with E-state index in [4.69, 9.17) is 14.2 Å². The van der Waals surface area contributed by atoms with Crippen molar-refractivity contribution in [3.05, 3.63) is 11.6 Å². The minimum atomic E-state index is -1.51. The summed E-state index contributed by atoms with van der Waals surface area (Å²) in [5, 5.41) is 66.7. The van der Waals surface area contributed by atoms with Crippen molar-refractivity contribution in [3.8, 4) is 0 Å². The largest absolute Gasteiger partial charge is 0.458 e. The van der Waals surface area contributed by atoms with E-state index in [1.165, 1.54) is 6.08 Å². The van der Waals surface area contributed by atoms with Gasteiger partial charge < -0.3 is 49.6 Å². The van der Waals surface area contributed by atoms with E-state index in [1.54, 1.807) is 6.92 Å². The number of aldehydes is 1. The van der Waals surface area contributed by atoms with Gasteiger partial charge in [0, 0.05) is 23.8 Å². The summed E-state index contributed by atoms with van der Waals surface area (Å²) in [6.45, 7) is 3.72. The third-order valence-corrected chi connectivity index (χ3v) is 11.9. The van der Waals surface area contributed by atoms with E-state index < -0.39 is 82.8 Å². The van der Waals surface area contributed by atoms with Gasteiger partial charge in [0.15, 0.2) is 6.29 Å². The van der Waals surface area contributed by atoms with Crippen LogP contribution in [0, 0.1) is 28.6 Å². The Morgan fingerprint density at radius 1 is 1.00 bits per heavy atom. The van der Waals surface area contributed by atoms with Gasteiger partial charge in [0.25, 0.3) is 0 Å². The zero-order valence-corrected chi connectivity index (χ0v) is 23.0. The van der Waals surface area contributed by atoms with E-state index in [0.717, 1.165) is 11.9 Å². The van der Waals surface area contributed by atoms with Crippen LogP contribution in [0.4, 0.5) is 0 Å². The highest BCUT2D eigenvalue weighted by molar-refractivity contribution is 5.85. The van der Waals surface area contributed by atoms with Gasteiger partial charge in [0.2, 0.25) is 0 Å². The van der Waals surface area contributed by atoms with Gasteiger partial charge in [-0.1, -0.05) is 6.92 Å². The molecule has 6 aliphatic rings. The van der Waals surface area contributed by atoms with Crippen LogP contribution in [0.25, 0.3) is 0 Å². The third kappa shape index (κ3) is 3.78. The number of hydrogen-bond acceptors (Lipinski definition) is 11. The molecule has 40 heavy (non-hydrogen) atoms. The zero-order chi connectivity index (χ0) is 28.8. The van der Waals surface area contributed by atoms with Crippen LogP contribution >= 0.6 is 0 Å². The van der Waals surface area contributed by atoms with E-state index >= 15 is 0 Å². The first-order chi connectivity index (χ1) is 18.8. The molecule has 0 bridgehead atoms. The van der Waals surface area contributed by atoms with Crippen molar-refractivity contribution in [2.45, 2.75) is 119 Å². The van der Waals surface area contributed by atoms with E-state index in [-0.39, 0.29) is 38.2 Å². The number of fused-ring (bicyclic) bond motifs is 5. The van der Waals surface area contributed by atoms with Crippen LogP contribution in [0.2, 0.25) is 0 Å². The predicted molar refractivity (Wildman–Crippen MR) is 136 cm³/mol. The first kappa shape index (κ1) is 28.7. The second-order valence-corrected chi connectivity index (χ2v) is 13.6. The number of carbonyl (C=O) groups excluding carboxylic acids is 2. The maximum atomic E-state index is 13.0. The first-order valence-electron chi connectivity index (χ1n) is 14.6. The van der Waals surface area contributed by atoms with E-state index in [1.807, 2.05) is 6.92 Å². The molecule has 4 aliphatic carbocycles. The average molecular weight is 567 g/mol. The smallest absolute Gasteiger partial charge is 0.331 e. The van der Waals surface area contributed by atoms with Crippen molar-refractivity contribution in [2.75, 3.05) is 6.61 Å². The lowest BCUT2D eigenvalue weighted by atomic mass is 9.41. The standard InChI is InChI=1S/C29H42O11/c1-14-22(33)23(34)24(35)25(39-14)40-16-3-6-27(13-30)21-18(4-7-28(27,36)10-16)29(37)8-5-17(15-9-20(32)38-12-15)26(29,2)11-19(21)31/h9,13-14,16-19,21-25,31,33-37H,3-8,10-12H2,1-2H3/t14-,16+,17-,18+,19+,21+,22-,23-,24+,25+,26+,27-,28-,29-/m0/s1. The number of ether oxygens (including phenoxy) is 3. The molecule has 14 atom stereocenters. The Labute approximate surface area is 233 Å². The van der Waals surface area contributed by atoms with Gasteiger partial charge in [-0.2, -0.15) is 0 Å². The second-order valence-electron chi connectivity index (χ2n) is 13.6. The lowest BCUT2D eigenvalue weighted by molar-refractivity contribution is -0.320. The molecule has 6 N–H and O–H groups in total. The Morgan fingerprint density at radius 2 is 1.75 bits per heavy atom. The minimum Gasteiger partial charge on any atom is -0.458 e. The Hall–Kier alpha value is -1.44. The lowest BCUT2D eigenvalue weighted by Crippen LogP contribution is -2.72. The maximum absolute atomic E-state index is 13.0. The summed E-state index contributed by atoms with van der Waals surface area (Å²) in [4.78, 5) is 24.8. The molecule has 224 valence electrons. The molecule has 2 heterocycles. The van der Waals surface area contributed by atoms with Crippen molar-refractivity contribution in [1.82, 2.24) is 0 Å². The minimum absolute atomic E-state index is 0.0615. The van der Waals surface area contributed by atoms with E-state index in [0.29, 0.717) is 25.7 Å². The molecule has 5 fully saturated rings. The molecule has 11 nitrogen and oxygen atoms in total. The van der Waals surface area contributed by atoms with E-state index in [9.17, 15) is 40.2 Å². The fourth-order valence-electron chi connectivity index (χ4n) is 9.82. The summed E-state index contributed by atoms with van der Waals surface area (Å²) in [7, 11) is 0. The van der Waals surface area contributed by atoms with Gasteiger partial charge in [-0.15, -0.1) is 0 Å². The summed E-state index contributed by atoms with van der Waals surface area (Å²) in [6, 6.07) is 0. The zero-order valence-electron chi connectivity index (χ0n) is 23.0. The van der Waals surface area contributed by atoms with Crippen LogP contribution in [0.5, 0.6) is 0 Å². The highest BCUT2D eigenvalue weighted by Crippen LogP contribution is 2.70. The van der Waals surface area contributed by atoms with Crippen molar-refractivity contribution < 1.29 is 54.4 Å². The molecule has 0 aromatic heterocycles. The number of rotatable bonds is 4. The second kappa shape index (κ2) is 9.54. The van der Waals surface area contributed by atoms with Crippen LogP contribution in [0.15, 0.2) is 11.6 Å². The summed E-state index contributed by atoms with van der Waals surface area (Å²) < 4.78 is 16.8. The molecule has 2 aliphatic heterocycles. The van der Waals surface area contributed by atoms with Gasteiger partial charge in [0.05, 0.1) is 34.9 Å². The average Bonchev–Trinajstić information content (AvgIpc) is 3.45. The first-order valence-corrected chi connectivity index (χ1v) is 14.6. The fraction of sp³-hybridized carbons (Fsp3) is 0.862. The van der Waals surface area contributed by atoms with Crippen LogP contribution in [-0.2, 0) is 23.8 Å². The molecule has 0 unspecified atom stereocenters. The monoisotopic (exact) mass is 566 g/mol. The molecule has 0 aromatic carbocycles. The molecule has 0 radical (unpaired) electrons. The fourth-order valence-corrected chi connectivity index (χ4v) is 9.82. The van der Waals surface area contributed by atoms with Crippen molar-refractivity contribution >= 4 is 12.3 Å². The third-order valence-electron chi connectivity index (χ3n) is 11.9. The maximum Gasteiger partial charge on any atom is 0.331 e. The lowest BCUT2D eigenvalue weighted by Gasteiger charge is -2.66. The molecular formula is C29H42O11. The summed E-state index contributed by atoms with van der Waals surface area (Å²) in [5.41, 5.74) is -3.89. The molecule has 0 aromatic rings. The number of hydrogen-bond donors (Lipinski definition) is 6. The van der Waals surface area contributed by atoms with Gasteiger partial charge >= 0.3 is 5.97 Å². The van der Waals surface area contributed by atoms with Crippen molar-refractivity contribution in [1.29, 1.82) is 0 Å². The summed E-state index contributed by atoms with van der Waals surface area (Å²) in [6.07, 6.45) is -2.87. The van der Waals surface area contributed by atoms with Crippen LogP contribution in [0.1, 0.15) is 65.2 Å². The van der Waals surface area contributed by atoms with E-state index in [2.05, 4.69) is 0 Å². The van der Waals surface area contributed by atoms with Gasteiger partial charge in [0.1, 0.15) is 31.2 Å². The SMILES string of the molecule is C[C@@H]1O[C@H](O[C@@H]2CC[C@]3(C=O)[C@H]4[C@H](O)C[C@]5(C)[C@H](C6=CC(=O)OC6)CC[C@]5(O)[C@@H]4CC[C@]3(O)C2)[C@H](O)[C@@H](O)[C@H]1O. The van der Waals surface area contributed by atoms with Gasteiger partial charge in [-0.3, -0.25) is 0 Å². The molecule has 1 saturated heterocycles.